The first-order valence-electron chi connectivity index (χ1n) is 6.53. The Morgan fingerprint density at radius 2 is 1.95 bits per heavy atom. The molecule has 0 atom stereocenters. The number of aryl methyl sites for hydroxylation is 1. The second-order valence-corrected chi connectivity index (χ2v) is 5.36. The van der Waals surface area contributed by atoms with E-state index in [1.807, 2.05) is 43.3 Å². The number of halogens is 2. The molecule has 0 bridgehead atoms. The third-order valence-corrected chi connectivity index (χ3v) is 3.77. The molecule has 4 nitrogen and oxygen atoms in total. The largest absolute Gasteiger partial charge is 0.493 e. The Balaban J connectivity index is 1.80. The van der Waals surface area contributed by atoms with E-state index in [0.717, 1.165) is 17.0 Å². The van der Waals surface area contributed by atoms with Crippen LogP contribution in [0.1, 0.15) is 11.3 Å². The highest BCUT2D eigenvalue weighted by atomic mass is 35.5. The summed E-state index contributed by atoms with van der Waals surface area (Å²) in [4.78, 5) is 4.31. The van der Waals surface area contributed by atoms with Gasteiger partial charge in [-0.1, -0.05) is 41.4 Å². The van der Waals surface area contributed by atoms with Crippen molar-refractivity contribution in [1.82, 2.24) is 14.6 Å². The van der Waals surface area contributed by atoms with Gasteiger partial charge in [0.1, 0.15) is 16.1 Å². The number of para-hydroxylation sites is 1. The Kier molecular flexibility index (Phi) is 3.99. The third-order valence-electron chi connectivity index (χ3n) is 3.07. The van der Waals surface area contributed by atoms with Crippen molar-refractivity contribution < 1.29 is 4.74 Å². The highest BCUT2D eigenvalue weighted by molar-refractivity contribution is 6.34. The van der Waals surface area contributed by atoms with E-state index < -0.39 is 0 Å². The van der Waals surface area contributed by atoms with Crippen molar-refractivity contribution in [3.05, 3.63) is 58.0 Å². The summed E-state index contributed by atoms with van der Waals surface area (Å²) >= 11 is 12.6. The lowest BCUT2D eigenvalue weighted by atomic mass is 10.2. The molecule has 2 aromatic heterocycles. The average Bonchev–Trinajstić information content (AvgIpc) is 2.84. The van der Waals surface area contributed by atoms with E-state index in [4.69, 9.17) is 27.9 Å². The Morgan fingerprint density at radius 3 is 2.71 bits per heavy atom. The van der Waals surface area contributed by atoms with E-state index in [1.165, 1.54) is 0 Å². The van der Waals surface area contributed by atoms with Crippen molar-refractivity contribution in [2.45, 2.75) is 13.3 Å². The lowest BCUT2D eigenvalue weighted by Crippen LogP contribution is -2.06. The molecule has 3 aromatic rings. The Labute approximate surface area is 132 Å². The fourth-order valence-electron chi connectivity index (χ4n) is 2.08. The van der Waals surface area contributed by atoms with Gasteiger partial charge in [-0.2, -0.15) is 5.10 Å². The van der Waals surface area contributed by atoms with Gasteiger partial charge in [0.15, 0.2) is 5.65 Å². The van der Waals surface area contributed by atoms with Gasteiger partial charge >= 0.3 is 0 Å². The fourth-order valence-corrected chi connectivity index (χ4v) is 2.71. The number of aromatic nitrogens is 3. The topological polar surface area (TPSA) is 39.4 Å². The quantitative estimate of drug-likeness (QED) is 0.683. The Bertz CT molecular complexity index is 771. The van der Waals surface area contributed by atoms with Crippen LogP contribution >= 0.6 is 23.2 Å². The van der Waals surface area contributed by atoms with Crippen LogP contribution in [0.3, 0.4) is 0 Å². The number of fused-ring (bicyclic) bond motifs is 1. The molecule has 1 aromatic carbocycles. The summed E-state index contributed by atoms with van der Waals surface area (Å²) in [7, 11) is 0. The third kappa shape index (κ3) is 2.96. The molecule has 0 unspecified atom stereocenters. The van der Waals surface area contributed by atoms with Crippen LogP contribution in [0.25, 0.3) is 5.65 Å². The molecule has 21 heavy (non-hydrogen) atoms. The van der Waals surface area contributed by atoms with Crippen LogP contribution in [0.4, 0.5) is 0 Å². The lowest BCUT2D eigenvalue weighted by molar-refractivity contribution is 0.321. The summed E-state index contributed by atoms with van der Waals surface area (Å²) in [5.74, 6) is 0.814. The van der Waals surface area contributed by atoms with Gasteiger partial charge in [-0.05, 0) is 19.1 Å². The van der Waals surface area contributed by atoms with E-state index in [1.54, 1.807) is 4.52 Å². The van der Waals surface area contributed by atoms with Crippen molar-refractivity contribution in [1.29, 1.82) is 0 Å². The monoisotopic (exact) mass is 321 g/mol. The zero-order valence-corrected chi connectivity index (χ0v) is 12.9. The SMILES string of the molecule is Cc1cc2nc(Cl)c(CCOc3ccccc3)c(Cl)n2n1. The fraction of sp³-hybridized carbons (Fsp3) is 0.200. The van der Waals surface area contributed by atoms with Crippen LogP contribution in [0.15, 0.2) is 36.4 Å². The molecule has 0 aliphatic rings. The van der Waals surface area contributed by atoms with E-state index in [0.29, 0.717) is 29.0 Å². The number of ether oxygens (including phenoxy) is 1. The molecule has 0 saturated heterocycles. The second-order valence-electron chi connectivity index (χ2n) is 4.64. The molecule has 0 aliphatic heterocycles. The lowest BCUT2D eigenvalue weighted by Gasteiger charge is -2.09. The summed E-state index contributed by atoms with van der Waals surface area (Å²) in [6.45, 7) is 2.36. The second kappa shape index (κ2) is 5.92. The highest BCUT2D eigenvalue weighted by Gasteiger charge is 2.14. The first kappa shape index (κ1) is 14.2. The van der Waals surface area contributed by atoms with Crippen LogP contribution in [0, 0.1) is 6.92 Å². The van der Waals surface area contributed by atoms with Gasteiger partial charge in [-0.15, -0.1) is 0 Å². The van der Waals surface area contributed by atoms with Gasteiger partial charge < -0.3 is 4.74 Å². The average molecular weight is 322 g/mol. The van der Waals surface area contributed by atoms with Gasteiger partial charge in [0, 0.05) is 18.1 Å². The van der Waals surface area contributed by atoms with Gasteiger partial charge in [0.25, 0.3) is 0 Å². The number of nitrogens with zero attached hydrogens (tertiary/aromatic N) is 3. The van der Waals surface area contributed by atoms with Crippen molar-refractivity contribution in [3.63, 3.8) is 0 Å². The molecule has 108 valence electrons. The predicted octanol–water partition coefficient (Wildman–Crippen LogP) is 3.97. The molecule has 0 fully saturated rings. The van der Waals surface area contributed by atoms with Crippen molar-refractivity contribution in [2.75, 3.05) is 6.61 Å². The molecule has 3 rings (SSSR count). The van der Waals surface area contributed by atoms with Crippen molar-refractivity contribution >= 4 is 28.8 Å². The van der Waals surface area contributed by atoms with Gasteiger partial charge in [-0.3, -0.25) is 0 Å². The standard InChI is InChI=1S/C15H13Cl2N3O/c1-10-9-13-18-14(16)12(15(17)20(13)19-10)7-8-21-11-5-3-2-4-6-11/h2-6,9H,7-8H2,1H3. The van der Waals surface area contributed by atoms with Crippen LogP contribution in [-0.4, -0.2) is 21.2 Å². The van der Waals surface area contributed by atoms with Crippen LogP contribution in [-0.2, 0) is 6.42 Å². The van der Waals surface area contributed by atoms with Gasteiger partial charge in [-0.25, -0.2) is 9.50 Å². The predicted molar refractivity (Wildman–Crippen MR) is 83.4 cm³/mol. The molecule has 0 aliphatic carbocycles. The molecular formula is C15H13Cl2N3O. The highest BCUT2D eigenvalue weighted by Crippen LogP contribution is 2.25. The first-order chi connectivity index (χ1) is 10.1. The molecule has 0 radical (unpaired) electrons. The summed E-state index contributed by atoms with van der Waals surface area (Å²) < 4.78 is 7.26. The molecule has 0 N–H and O–H groups in total. The minimum atomic E-state index is 0.393. The minimum Gasteiger partial charge on any atom is -0.493 e. The van der Waals surface area contributed by atoms with Gasteiger partial charge in [0.05, 0.1) is 12.3 Å². The van der Waals surface area contributed by atoms with E-state index in [-0.39, 0.29) is 0 Å². The normalized spacial score (nSPS) is 11.0. The molecule has 0 amide bonds. The number of hydrogen-bond donors (Lipinski definition) is 0. The maximum Gasteiger partial charge on any atom is 0.158 e. The Morgan fingerprint density at radius 1 is 1.19 bits per heavy atom. The maximum absolute atomic E-state index is 6.36. The molecular weight excluding hydrogens is 309 g/mol. The van der Waals surface area contributed by atoms with Crippen LogP contribution in [0.2, 0.25) is 10.3 Å². The van der Waals surface area contributed by atoms with E-state index in [2.05, 4.69) is 10.1 Å². The molecule has 6 heteroatoms. The first-order valence-corrected chi connectivity index (χ1v) is 7.29. The maximum atomic E-state index is 6.36. The van der Waals surface area contributed by atoms with E-state index in [9.17, 15) is 0 Å². The number of benzene rings is 1. The summed E-state index contributed by atoms with van der Waals surface area (Å²) in [5, 5.41) is 5.18. The summed E-state index contributed by atoms with van der Waals surface area (Å²) in [5.41, 5.74) is 2.23. The van der Waals surface area contributed by atoms with Gasteiger partial charge in [0.2, 0.25) is 0 Å². The molecule has 0 spiro atoms. The smallest absolute Gasteiger partial charge is 0.158 e. The number of hydrogen-bond acceptors (Lipinski definition) is 3. The van der Waals surface area contributed by atoms with Crippen LogP contribution < -0.4 is 4.74 Å². The summed E-state index contributed by atoms with van der Waals surface area (Å²) in [6.07, 6.45) is 0.564. The minimum absolute atomic E-state index is 0.393. The van der Waals surface area contributed by atoms with Crippen molar-refractivity contribution in [2.24, 2.45) is 0 Å². The zero-order chi connectivity index (χ0) is 14.8. The Hall–Kier alpha value is -1.78. The molecule has 0 saturated carbocycles. The van der Waals surface area contributed by atoms with E-state index >= 15 is 0 Å². The van der Waals surface area contributed by atoms with Crippen LogP contribution in [0.5, 0.6) is 5.75 Å². The number of rotatable bonds is 4. The molecule has 2 heterocycles. The van der Waals surface area contributed by atoms with Crippen molar-refractivity contribution in [3.8, 4) is 5.75 Å². The summed E-state index contributed by atoms with van der Waals surface area (Å²) in [6, 6.07) is 11.4. The zero-order valence-electron chi connectivity index (χ0n) is 11.4.